The van der Waals surface area contributed by atoms with Crippen LogP contribution < -0.4 is 4.74 Å². The molecular formula is C37H39N3O3. The maximum absolute atomic E-state index is 12.1. The standard InChI is InChI=1S/C37H39N3O3/c1-4-5-23-40-34(35(30-14-8-6-9-15-30)38-36(40)31-16-10-7-11-17-31)27-39(26-29-13-12-18-33(24-29)42-2)25-28-19-21-32(22-20-28)37(41)43-3/h6-22,24H,4-5,23,25-27H2,1-3H3. The number of esters is 1. The van der Waals surface area contributed by atoms with Crippen LogP contribution in [-0.4, -0.2) is 34.6 Å². The summed E-state index contributed by atoms with van der Waals surface area (Å²) in [6.07, 6.45) is 2.15. The minimum Gasteiger partial charge on any atom is -0.497 e. The Balaban J connectivity index is 1.59. The van der Waals surface area contributed by atoms with E-state index in [0.717, 1.165) is 58.9 Å². The van der Waals surface area contributed by atoms with Gasteiger partial charge in [-0.05, 0) is 41.8 Å². The smallest absolute Gasteiger partial charge is 0.337 e. The number of carbonyl (C=O) groups excluding carboxylic acids is 1. The molecule has 0 saturated carbocycles. The normalized spacial score (nSPS) is 11.1. The molecule has 43 heavy (non-hydrogen) atoms. The van der Waals surface area contributed by atoms with E-state index in [0.29, 0.717) is 25.2 Å². The minimum atomic E-state index is -0.333. The van der Waals surface area contributed by atoms with E-state index in [1.165, 1.54) is 12.8 Å². The summed E-state index contributed by atoms with van der Waals surface area (Å²) in [6, 6.07) is 36.9. The SMILES string of the molecule is CCCCn1c(-c2ccccc2)nc(-c2ccccc2)c1CN(Cc1ccc(C(=O)OC)cc1)Cc1cccc(OC)c1. The largest absolute Gasteiger partial charge is 0.497 e. The Kier molecular flexibility index (Phi) is 10.0. The summed E-state index contributed by atoms with van der Waals surface area (Å²) in [7, 11) is 3.10. The van der Waals surface area contributed by atoms with Gasteiger partial charge in [-0.15, -0.1) is 0 Å². The van der Waals surface area contributed by atoms with Crippen LogP contribution in [0.1, 0.15) is 46.9 Å². The predicted octanol–water partition coefficient (Wildman–Crippen LogP) is 8.01. The molecule has 0 atom stereocenters. The molecule has 0 radical (unpaired) electrons. The van der Waals surface area contributed by atoms with Gasteiger partial charge in [-0.25, -0.2) is 9.78 Å². The molecule has 0 fully saturated rings. The van der Waals surface area contributed by atoms with Gasteiger partial charge < -0.3 is 14.0 Å². The Morgan fingerprint density at radius 2 is 1.44 bits per heavy atom. The van der Waals surface area contributed by atoms with Gasteiger partial charge >= 0.3 is 5.97 Å². The zero-order valence-electron chi connectivity index (χ0n) is 25.2. The second-order valence-electron chi connectivity index (χ2n) is 10.7. The third-order valence-corrected chi connectivity index (χ3v) is 7.58. The van der Waals surface area contributed by atoms with Gasteiger partial charge in [-0.3, -0.25) is 4.90 Å². The summed E-state index contributed by atoms with van der Waals surface area (Å²) in [5.41, 5.74) is 7.23. The lowest BCUT2D eigenvalue weighted by atomic mass is 10.1. The maximum atomic E-state index is 12.1. The fourth-order valence-electron chi connectivity index (χ4n) is 5.37. The lowest BCUT2D eigenvalue weighted by Gasteiger charge is -2.25. The van der Waals surface area contributed by atoms with Crippen LogP contribution in [0, 0.1) is 0 Å². The van der Waals surface area contributed by atoms with Crippen LogP contribution in [-0.2, 0) is 30.9 Å². The molecule has 6 heteroatoms. The molecule has 0 amide bonds. The molecule has 0 aliphatic heterocycles. The number of carbonyl (C=O) groups is 1. The van der Waals surface area contributed by atoms with Crippen molar-refractivity contribution in [1.82, 2.24) is 14.5 Å². The fourth-order valence-corrected chi connectivity index (χ4v) is 5.37. The molecule has 0 N–H and O–H groups in total. The van der Waals surface area contributed by atoms with E-state index in [4.69, 9.17) is 14.5 Å². The summed E-state index contributed by atoms with van der Waals surface area (Å²) in [5.74, 6) is 1.50. The first kappa shape index (κ1) is 29.8. The number of imidazole rings is 1. The number of nitrogens with zero attached hydrogens (tertiary/aromatic N) is 3. The van der Waals surface area contributed by atoms with Gasteiger partial charge in [0.05, 0.1) is 31.2 Å². The highest BCUT2D eigenvalue weighted by Crippen LogP contribution is 2.32. The Labute approximate surface area is 254 Å². The van der Waals surface area contributed by atoms with Crippen molar-refractivity contribution < 1.29 is 14.3 Å². The second kappa shape index (κ2) is 14.5. The van der Waals surface area contributed by atoms with Crippen LogP contribution in [0.4, 0.5) is 0 Å². The molecule has 4 aromatic carbocycles. The number of aromatic nitrogens is 2. The Morgan fingerprint density at radius 3 is 2.09 bits per heavy atom. The van der Waals surface area contributed by atoms with E-state index in [-0.39, 0.29) is 5.97 Å². The quantitative estimate of drug-likeness (QED) is 0.134. The number of hydrogen-bond donors (Lipinski definition) is 0. The van der Waals surface area contributed by atoms with E-state index in [9.17, 15) is 4.79 Å². The maximum Gasteiger partial charge on any atom is 0.337 e. The number of hydrogen-bond acceptors (Lipinski definition) is 5. The number of methoxy groups -OCH3 is 2. The first-order valence-corrected chi connectivity index (χ1v) is 14.8. The lowest BCUT2D eigenvalue weighted by molar-refractivity contribution is 0.0600. The Morgan fingerprint density at radius 1 is 0.767 bits per heavy atom. The van der Waals surface area contributed by atoms with Crippen molar-refractivity contribution in [2.75, 3.05) is 14.2 Å². The monoisotopic (exact) mass is 573 g/mol. The summed E-state index contributed by atoms with van der Waals surface area (Å²) < 4.78 is 12.9. The van der Waals surface area contributed by atoms with Crippen molar-refractivity contribution in [3.8, 4) is 28.4 Å². The van der Waals surface area contributed by atoms with E-state index in [1.807, 2.05) is 48.5 Å². The Bertz CT molecular complexity index is 1610. The van der Waals surface area contributed by atoms with Crippen LogP contribution in [0.25, 0.3) is 22.6 Å². The average Bonchev–Trinajstić information content (AvgIpc) is 3.42. The topological polar surface area (TPSA) is 56.6 Å². The van der Waals surface area contributed by atoms with E-state index in [2.05, 4.69) is 77.1 Å². The second-order valence-corrected chi connectivity index (χ2v) is 10.7. The van der Waals surface area contributed by atoms with Crippen LogP contribution >= 0.6 is 0 Å². The first-order chi connectivity index (χ1) is 21.1. The molecule has 0 bridgehead atoms. The molecule has 0 aliphatic carbocycles. The minimum absolute atomic E-state index is 0.333. The zero-order valence-corrected chi connectivity index (χ0v) is 25.2. The molecule has 0 unspecified atom stereocenters. The molecule has 6 nitrogen and oxygen atoms in total. The molecule has 0 saturated heterocycles. The van der Waals surface area contributed by atoms with Gasteiger partial charge in [0, 0.05) is 37.3 Å². The van der Waals surface area contributed by atoms with E-state index in [1.54, 1.807) is 7.11 Å². The number of benzene rings is 4. The molecule has 1 aromatic heterocycles. The highest BCUT2D eigenvalue weighted by atomic mass is 16.5. The van der Waals surface area contributed by atoms with Gasteiger partial charge in [0.1, 0.15) is 11.6 Å². The van der Waals surface area contributed by atoms with Crippen molar-refractivity contribution >= 4 is 5.97 Å². The third kappa shape index (κ3) is 7.40. The van der Waals surface area contributed by atoms with Gasteiger partial charge in [0.15, 0.2) is 0 Å². The number of unbranched alkanes of at least 4 members (excludes halogenated alkanes) is 1. The summed E-state index contributed by atoms with van der Waals surface area (Å²) in [5, 5.41) is 0. The average molecular weight is 574 g/mol. The molecule has 0 aliphatic rings. The molecule has 0 spiro atoms. The van der Waals surface area contributed by atoms with Crippen LogP contribution in [0.3, 0.4) is 0 Å². The lowest BCUT2D eigenvalue weighted by Crippen LogP contribution is -2.24. The fraction of sp³-hybridized carbons (Fsp3) is 0.243. The van der Waals surface area contributed by atoms with Crippen molar-refractivity contribution in [2.45, 2.75) is 45.9 Å². The van der Waals surface area contributed by atoms with E-state index < -0.39 is 0 Å². The molecular weight excluding hydrogens is 534 g/mol. The highest BCUT2D eigenvalue weighted by Gasteiger charge is 2.22. The molecule has 1 heterocycles. The van der Waals surface area contributed by atoms with Crippen molar-refractivity contribution in [2.24, 2.45) is 0 Å². The van der Waals surface area contributed by atoms with Crippen molar-refractivity contribution in [1.29, 1.82) is 0 Å². The first-order valence-electron chi connectivity index (χ1n) is 14.8. The van der Waals surface area contributed by atoms with Crippen molar-refractivity contribution in [3.05, 3.63) is 132 Å². The van der Waals surface area contributed by atoms with Crippen LogP contribution in [0.2, 0.25) is 0 Å². The molecule has 220 valence electrons. The predicted molar refractivity (Wildman–Crippen MR) is 172 cm³/mol. The zero-order chi connectivity index (χ0) is 30.0. The third-order valence-electron chi connectivity index (χ3n) is 7.58. The summed E-state index contributed by atoms with van der Waals surface area (Å²) in [4.78, 5) is 19.8. The van der Waals surface area contributed by atoms with Crippen LogP contribution in [0.15, 0.2) is 109 Å². The van der Waals surface area contributed by atoms with Gasteiger partial charge in [0.2, 0.25) is 0 Å². The van der Waals surface area contributed by atoms with E-state index >= 15 is 0 Å². The highest BCUT2D eigenvalue weighted by molar-refractivity contribution is 5.89. The van der Waals surface area contributed by atoms with Crippen molar-refractivity contribution in [3.63, 3.8) is 0 Å². The van der Waals surface area contributed by atoms with Gasteiger partial charge in [-0.1, -0.05) is 98.3 Å². The van der Waals surface area contributed by atoms with Gasteiger partial charge in [0.25, 0.3) is 0 Å². The Hall–Kier alpha value is -4.68. The number of rotatable bonds is 13. The summed E-state index contributed by atoms with van der Waals surface area (Å²) in [6.45, 7) is 5.20. The molecule has 5 rings (SSSR count). The van der Waals surface area contributed by atoms with Gasteiger partial charge in [-0.2, -0.15) is 0 Å². The number of ether oxygens (including phenoxy) is 2. The van der Waals surface area contributed by atoms with Crippen LogP contribution in [0.5, 0.6) is 5.75 Å². The molecule has 5 aromatic rings. The summed E-state index contributed by atoms with van der Waals surface area (Å²) >= 11 is 0.